The number of esters is 1. The molecule has 2 aliphatic heterocycles. The summed E-state index contributed by atoms with van der Waals surface area (Å²) in [6.07, 6.45) is -1.02. The lowest BCUT2D eigenvalue weighted by Gasteiger charge is -2.36. The molecule has 3 rings (SSSR count). The third kappa shape index (κ3) is 3.46. The molecule has 5 nitrogen and oxygen atoms in total. The molecule has 1 aromatic carbocycles. The van der Waals surface area contributed by atoms with Gasteiger partial charge in [-0.3, -0.25) is 4.79 Å². The third-order valence-electron chi connectivity index (χ3n) is 3.54. The van der Waals surface area contributed by atoms with Crippen molar-refractivity contribution in [2.75, 3.05) is 6.61 Å². The van der Waals surface area contributed by atoms with Gasteiger partial charge in [-0.2, -0.15) is 0 Å². The highest BCUT2D eigenvalue weighted by Crippen LogP contribution is 2.40. The van der Waals surface area contributed by atoms with Crippen LogP contribution in [0.15, 0.2) is 35.2 Å². The summed E-state index contributed by atoms with van der Waals surface area (Å²) >= 11 is 1.53. The van der Waals surface area contributed by atoms with E-state index in [2.05, 4.69) is 0 Å². The lowest BCUT2D eigenvalue weighted by atomic mass is 10.1. The van der Waals surface area contributed by atoms with Gasteiger partial charge in [-0.25, -0.2) is 0 Å². The quantitative estimate of drug-likeness (QED) is 0.797. The SMILES string of the molecule is CC(=O)O[C@@H]1[C@H]2OC(C)(C)O[C@H]2CO[C@H]1Sc1ccccc1. The number of thioether (sulfide) groups is 1. The minimum Gasteiger partial charge on any atom is -0.456 e. The van der Waals surface area contributed by atoms with Crippen LogP contribution in [0.4, 0.5) is 0 Å². The van der Waals surface area contributed by atoms with Crippen LogP contribution in [0.2, 0.25) is 0 Å². The van der Waals surface area contributed by atoms with E-state index in [9.17, 15) is 4.79 Å². The maximum Gasteiger partial charge on any atom is 0.303 e. The van der Waals surface area contributed by atoms with Crippen LogP contribution in [0.25, 0.3) is 0 Å². The molecule has 0 aliphatic carbocycles. The smallest absolute Gasteiger partial charge is 0.303 e. The Kier molecular flexibility index (Phi) is 4.45. The maximum absolute atomic E-state index is 11.5. The first-order chi connectivity index (χ1) is 10.4. The third-order valence-corrected chi connectivity index (χ3v) is 4.72. The second-order valence-corrected chi connectivity index (χ2v) is 7.02. The first-order valence-corrected chi connectivity index (χ1v) is 8.19. The van der Waals surface area contributed by atoms with E-state index in [1.807, 2.05) is 44.2 Å². The van der Waals surface area contributed by atoms with Gasteiger partial charge >= 0.3 is 5.97 Å². The fraction of sp³-hybridized carbons (Fsp3) is 0.562. The van der Waals surface area contributed by atoms with E-state index >= 15 is 0 Å². The molecule has 1 aromatic rings. The highest BCUT2D eigenvalue weighted by Gasteiger charge is 2.52. The van der Waals surface area contributed by atoms with Gasteiger partial charge in [0.05, 0.1) is 6.61 Å². The van der Waals surface area contributed by atoms with Gasteiger partial charge in [-0.05, 0) is 26.0 Å². The Morgan fingerprint density at radius 1 is 1.27 bits per heavy atom. The van der Waals surface area contributed by atoms with E-state index in [1.165, 1.54) is 18.7 Å². The highest BCUT2D eigenvalue weighted by atomic mass is 32.2. The number of rotatable bonds is 3. The molecule has 6 heteroatoms. The average Bonchev–Trinajstić information content (AvgIpc) is 2.77. The molecule has 4 atom stereocenters. The Labute approximate surface area is 134 Å². The molecule has 0 unspecified atom stereocenters. The van der Waals surface area contributed by atoms with Crippen LogP contribution < -0.4 is 0 Å². The molecule has 0 amide bonds. The summed E-state index contributed by atoms with van der Waals surface area (Å²) < 4.78 is 23.1. The zero-order valence-electron chi connectivity index (χ0n) is 12.9. The van der Waals surface area contributed by atoms with Gasteiger partial charge in [0, 0.05) is 11.8 Å². The van der Waals surface area contributed by atoms with E-state index in [0.717, 1.165) is 4.90 Å². The summed E-state index contributed by atoms with van der Waals surface area (Å²) in [4.78, 5) is 12.5. The van der Waals surface area contributed by atoms with Crippen molar-refractivity contribution in [2.24, 2.45) is 0 Å². The van der Waals surface area contributed by atoms with Crippen molar-refractivity contribution in [1.29, 1.82) is 0 Å². The van der Waals surface area contributed by atoms with E-state index in [-0.39, 0.29) is 23.6 Å². The zero-order valence-corrected chi connectivity index (χ0v) is 13.7. The number of hydrogen-bond acceptors (Lipinski definition) is 6. The lowest BCUT2D eigenvalue weighted by molar-refractivity contribution is -0.177. The van der Waals surface area contributed by atoms with E-state index in [4.69, 9.17) is 18.9 Å². The molecule has 22 heavy (non-hydrogen) atoms. The van der Waals surface area contributed by atoms with Gasteiger partial charge in [-0.1, -0.05) is 30.0 Å². The molecule has 0 saturated carbocycles. The summed E-state index contributed by atoms with van der Waals surface area (Å²) in [6.45, 7) is 5.54. The molecule has 2 aliphatic rings. The summed E-state index contributed by atoms with van der Waals surface area (Å²) in [6, 6.07) is 9.89. The predicted molar refractivity (Wildman–Crippen MR) is 81.4 cm³/mol. The van der Waals surface area contributed by atoms with Crippen molar-refractivity contribution in [1.82, 2.24) is 0 Å². The number of hydrogen-bond donors (Lipinski definition) is 0. The molecule has 0 bridgehead atoms. The summed E-state index contributed by atoms with van der Waals surface area (Å²) in [5.74, 6) is -1.04. The van der Waals surface area contributed by atoms with Gasteiger partial charge < -0.3 is 18.9 Å². The lowest BCUT2D eigenvalue weighted by Crippen LogP contribution is -2.52. The van der Waals surface area contributed by atoms with Gasteiger partial charge in [0.1, 0.15) is 17.6 Å². The van der Waals surface area contributed by atoms with Crippen molar-refractivity contribution in [3.8, 4) is 0 Å². The van der Waals surface area contributed by atoms with Gasteiger partial charge in [0.25, 0.3) is 0 Å². The molecule has 0 N–H and O–H groups in total. The molecule has 0 radical (unpaired) electrons. The topological polar surface area (TPSA) is 54.0 Å². The first kappa shape index (κ1) is 15.8. The molecular formula is C16H20O5S. The Balaban J connectivity index is 1.79. The molecule has 2 heterocycles. The Morgan fingerprint density at radius 3 is 2.68 bits per heavy atom. The van der Waals surface area contributed by atoms with Crippen LogP contribution in [-0.2, 0) is 23.7 Å². The summed E-state index contributed by atoms with van der Waals surface area (Å²) in [5.41, 5.74) is -0.315. The van der Waals surface area contributed by atoms with Crippen LogP contribution in [0.3, 0.4) is 0 Å². The van der Waals surface area contributed by atoms with E-state index < -0.39 is 11.9 Å². The van der Waals surface area contributed by atoms with Crippen molar-refractivity contribution < 1.29 is 23.7 Å². The van der Waals surface area contributed by atoms with Crippen molar-refractivity contribution in [3.63, 3.8) is 0 Å². The predicted octanol–water partition coefficient (Wildman–Crippen LogP) is 2.59. The number of fused-ring (bicyclic) bond motifs is 1. The van der Waals surface area contributed by atoms with Gasteiger partial charge in [0.15, 0.2) is 11.9 Å². The number of benzene rings is 1. The Bertz CT molecular complexity index is 533. The molecule has 120 valence electrons. The van der Waals surface area contributed by atoms with Gasteiger partial charge in [-0.15, -0.1) is 0 Å². The number of carbonyl (C=O) groups excluding carboxylic acids is 1. The second kappa shape index (κ2) is 6.20. The Morgan fingerprint density at radius 2 is 2.00 bits per heavy atom. The Hall–Kier alpha value is -1.08. The van der Waals surface area contributed by atoms with E-state index in [0.29, 0.717) is 6.61 Å². The van der Waals surface area contributed by atoms with Crippen LogP contribution >= 0.6 is 11.8 Å². The summed E-state index contributed by atoms with van der Waals surface area (Å²) in [7, 11) is 0. The van der Waals surface area contributed by atoms with E-state index in [1.54, 1.807) is 0 Å². The van der Waals surface area contributed by atoms with Gasteiger partial charge in [0.2, 0.25) is 0 Å². The normalized spacial score (nSPS) is 33.2. The molecule has 2 saturated heterocycles. The maximum atomic E-state index is 11.5. The standard InChI is InChI=1S/C16H20O5S/c1-10(17)19-14-13-12(20-16(2,3)21-13)9-18-15(14)22-11-7-5-4-6-8-11/h4-8,12-15H,9H2,1-3H3/t12-,13-,14+,15-/m0/s1. The van der Waals surface area contributed by atoms with Crippen LogP contribution in [0.5, 0.6) is 0 Å². The minimum absolute atomic E-state index is 0.216. The van der Waals surface area contributed by atoms with Crippen molar-refractivity contribution in [3.05, 3.63) is 30.3 Å². The van der Waals surface area contributed by atoms with Crippen LogP contribution in [-0.4, -0.2) is 42.1 Å². The summed E-state index contributed by atoms with van der Waals surface area (Å²) in [5, 5.41) is 0. The monoisotopic (exact) mass is 324 g/mol. The largest absolute Gasteiger partial charge is 0.456 e. The zero-order chi connectivity index (χ0) is 15.7. The fourth-order valence-electron chi connectivity index (χ4n) is 2.76. The first-order valence-electron chi connectivity index (χ1n) is 7.31. The minimum atomic E-state index is -0.691. The molecular weight excluding hydrogens is 304 g/mol. The van der Waals surface area contributed by atoms with Crippen LogP contribution in [0, 0.1) is 0 Å². The second-order valence-electron chi connectivity index (χ2n) is 5.85. The molecule has 0 aromatic heterocycles. The molecule has 2 fully saturated rings. The number of carbonyl (C=O) groups is 1. The van der Waals surface area contributed by atoms with Crippen molar-refractivity contribution >= 4 is 17.7 Å². The van der Waals surface area contributed by atoms with Crippen LogP contribution in [0.1, 0.15) is 20.8 Å². The number of ether oxygens (including phenoxy) is 4. The highest BCUT2D eigenvalue weighted by molar-refractivity contribution is 7.99. The molecule has 0 spiro atoms. The average molecular weight is 324 g/mol. The van der Waals surface area contributed by atoms with Crippen molar-refractivity contribution in [2.45, 2.75) is 55.2 Å². The fourth-order valence-corrected chi connectivity index (χ4v) is 3.83.